The highest BCUT2D eigenvalue weighted by atomic mass is 32.2. The molecule has 0 saturated heterocycles. The third-order valence-corrected chi connectivity index (χ3v) is 10.3. The number of unbranched alkanes of at least 4 members (excludes halogenated alkanes) is 22. The van der Waals surface area contributed by atoms with Crippen molar-refractivity contribution in [3.63, 3.8) is 0 Å². The Morgan fingerprint density at radius 3 is 1.42 bits per heavy atom. The second-order valence-electron chi connectivity index (χ2n) is 14.9. The number of nitrogens with zero attached hydrogens (tertiary/aromatic N) is 1. The molecule has 0 heterocycles. The number of hydrogen-bond donors (Lipinski definition) is 1. The van der Waals surface area contributed by atoms with E-state index >= 15 is 0 Å². The van der Waals surface area contributed by atoms with Crippen molar-refractivity contribution >= 4 is 22.2 Å². The zero-order valence-electron chi connectivity index (χ0n) is 34.7. The molecule has 9 nitrogen and oxygen atoms in total. The summed E-state index contributed by atoms with van der Waals surface area (Å²) in [6.45, 7) is 4.49. The van der Waals surface area contributed by atoms with Gasteiger partial charge in [0, 0.05) is 19.4 Å². The Balaban J connectivity index is 4.32. The molecule has 0 aliphatic heterocycles. The van der Waals surface area contributed by atoms with E-state index in [0.29, 0.717) is 13.0 Å². The van der Waals surface area contributed by atoms with Crippen LogP contribution in [0.25, 0.3) is 0 Å². The van der Waals surface area contributed by atoms with Crippen molar-refractivity contribution in [3.05, 3.63) is 24.3 Å². The molecule has 0 aromatic carbocycles. The SMILES string of the molecule is CCCCCCCCC=CCCCCCCCC(=O)OCC(CNS(=O)(=O)OCCN(C)C)OC(=O)CCCCCCCC=CCCCCCCCC. The van der Waals surface area contributed by atoms with Crippen LogP contribution in [0.3, 0.4) is 0 Å². The maximum absolute atomic E-state index is 12.6. The van der Waals surface area contributed by atoms with E-state index in [4.69, 9.17) is 13.7 Å². The third kappa shape index (κ3) is 39.7. The molecule has 0 aromatic rings. The molecule has 10 heteroatoms. The lowest BCUT2D eigenvalue weighted by atomic mass is 10.1. The lowest BCUT2D eigenvalue weighted by molar-refractivity contribution is -0.158. The molecule has 0 fully saturated rings. The quantitative estimate of drug-likeness (QED) is 0.0372. The standard InChI is InChI=1S/C43H82N2O7S/c1-5-7-9-11-13-15-17-19-21-23-25-27-29-31-33-35-42(46)50-40-41(39-44-53(48,49)51-38-37-45(3)4)52-43(47)36-34-32-30-28-26-24-22-20-18-16-14-12-10-8-6-2/h19-22,41,44H,5-18,23-40H2,1-4H3. The fraction of sp³-hybridized carbons (Fsp3) is 0.860. The lowest BCUT2D eigenvalue weighted by Gasteiger charge is -2.19. The topological polar surface area (TPSA) is 111 Å². The third-order valence-electron chi connectivity index (χ3n) is 9.28. The van der Waals surface area contributed by atoms with Crippen molar-refractivity contribution in [1.29, 1.82) is 0 Å². The first kappa shape index (κ1) is 51.2. The Kier molecular flexibility index (Phi) is 37.2. The minimum absolute atomic E-state index is 0.00674. The zero-order chi connectivity index (χ0) is 39.1. The number of nitrogens with one attached hydrogen (secondary N) is 1. The molecule has 0 saturated carbocycles. The number of ether oxygens (including phenoxy) is 2. The van der Waals surface area contributed by atoms with Gasteiger partial charge >= 0.3 is 22.2 Å². The second-order valence-corrected chi connectivity index (χ2v) is 16.3. The number of likely N-dealkylation sites (N-methyl/N-ethyl adjacent to an activating group) is 1. The normalized spacial score (nSPS) is 12.7. The van der Waals surface area contributed by atoms with Crippen LogP contribution in [0.5, 0.6) is 0 Å². The Labute approximate surface area is 327 Å². The number of rotatable bonds is 40. The predicted molar refractivity (Wildman–Crippen MR) is 221 cm³/mol. The highest BCUT2D eigenvalue weighted by Gasteiger charge is 2.21. The Morgan fingerprint density at radius 2 is 0.981 bits per heavy atom. The minimum atomic E-state index is -4.05. The first-order valence-electron chi connectivity index (χ1n) is 21.6. The summed E-state index contributed by atoms with van der Waals surface area (Å²) >= 11 is 0. The fourth-order valence-electron chi connectivity index (χ4n) is 5.88. The molecule has 0 radical (unpaired) electrons. The van der Waals surface area contributed by atoms with Gasteiger partial charge in [-0.05, 0) is 78.3 Å². The van der Waals surface area contributed by atoms with E-state index in [9.17, 15) is 18.0 Å². The van der Waals surface area contributed by atoms with Crippen molar-refractivity contribution < 1.29 is 31.7 Å². The van der Waals surface area contributed by atoms with Gasteiger partial charge in [-0.25, -0.2) is 0 Å². The largest absolute Gasteiger partial charge is 0.462 e. The van der Waals surface area contributed by atoms with Gasteiger partial charge in [0.25, 0.3) is 0 Å². The minimum Gasteiger partial charge on any atom is -0.462 e. The van der Waals surface area contributed by atoms with Gasteiger partial charge in [0.15, 0.2) is 0 Å². The van der Waals surface area contributed by atoms with E-state index in [1.54, 1.807) is 0 Å². The summed E-state index contributed by atoms with van der Waals surface area (Å²) < 4.78 is 43.0. The number of hydrogen-bond acceptors (Lipinski definition) is 8. The molecular formula is C43H82N2O7S. The first-order chi connectivity index (χ1) is 25.7. The average molecular weight is 771 g/mol. The number of carbonyl (C=O) groups is 2. The van der Waals surface area contributed by atoms with Crippen LogP contribution in [-0.4, -0.2) is 71.8 Å². The average Bonchev–Trinajstić information content (AvgIpc) is 3.12. The first-order valence-corrected chi connectivity index (χ1v) is 23.0. The molecule has 0 spiro atoms. The van der Waals surface area contributed by atoms with Gasteiger partial charge in [-0.15, -0.1) is 0 Å². The van der Waals surface area contributed by atoms with Crippen molar-refractivity contribution in [3.8, 4) is 0 Å². The molecule has 0 aliphatic carbocycles. The summed E-state index contributed by atoms with van der Waals surface area (Å²) in [4.78, 5) is 26.9. The van der Waals surface area contributed by atoms with E-state index in [0.717, 1.165) is 70.6 Å². The van der Waals surface area contributed by atoms with Crippen molar-refractivity contribution in [2.45, 2.75) is 200 Å². The van der Waals surface area contributed by atoms with Crippen LogP contribution in [0.1, 0.15) is 194 Å². The van der Waals surface area contributed by atoms with Crippen molar-refractivity contribution in [2.24, 2.45) is 0 Å². The van der Waals surface area contributed by atoms with Gasteiger partial charge in [-0.2, -0.15) is 13.1 Å². The van der Waals surface area contributed by atoms with Gasteiger partial charge in [0.1, 0.15) is 12.7 Å². The van der Waals surface area contributed by atoms with Gasteiger partial charge in [-0.1, -0.05) is 141 Å². The van der Waals surface area contributed by atoms with E-state index in [2.05, 4.69) is 42.9 Å². The molecule has 0 aliphatic rings. The molecule has 0 rings (SSSR count). The maximum Gasteiger partial charge on any atom is 0.336 e. The van der Waals surface area contributed by atoms with Crippen LogP contribution in [0, 0.1) is 0 Å². The van der Waals surface area contributed by atoms with Crippen molar-refractivity contribution in [2.75, 3.05) is 40.4 Å². The number of esters is 2. The molecule has 0 aromatic heterocycles. The van der Waals surface area contributed by atoms with Gasteiger partial charge in [0.05, 0.1) is 13.2 Å². The predicted octanol–water partition coefficient (Wildman–Crippen LogP) is 10.9. The number of carbonyl (C=O) groups excluding carboxylic acids is 2. The van der Waals surface area contributed by atoms with Gasteiger partial charge < -0.3 is 14.4 Å². The molecule has 1 unspecified atom stereocenters. The molecular weight excluding hydrogens is 689 g/mol. The highest BCUT2D eigenvalue weighted by Crippen LogP contribution is 2.13. The summed E-state index contributed by atoms with van der Waals surface area (Å²) in [7, 11) is -0.406. The van der Waals surface area contributed by atoms with Crippen LogP contribution in [0.15, 0.2) is 24.3 Å². The Morgan fingerprint density at radius 1 is 0.585 bits per heavy atom. The summed E-state index contributed by atoms with van der Waals surface area (Å²) in [6, 6.07) is 0. The van der Waals surface area contributed by atoms with Crippen LogP contribution < -0.4 is 4.72 Å². The molecule has 1 N–H and O–H groups in total. The maximum atomic E-state index is 12.6. The molecule has 0 amide bonds. The summed E-state index contributed by atoms with van der Waals surface area (Å²) in [5.41, 5.74) is 0. The Bertz CT molecular complexity index is 1000. The van der Waals surface area contributed by atoms with Crippen LogP contribution in [0.4, 0.5) is 0 Å². The molecule has 53 heavy (non-hydrogen) atoms. The van der Waals surface area contributed by atoms with Gasteiger partial charge in [0.2, 0.25) is 0 Å². The molecule has 312 valence electrons. The van der Waals surface area contributed by atoms with Crippen LogP contribution in [0.2, 0.25) is 0 Å². The second kappa shape index (κ2) is 38.5. The van der Waals surface area contributed by atoms with E-state index in [1.165, 1.54) is 89.9 Å². The van der Waals surface area contributed by atoms with Gasteiger partial charge in [-0.3, -0.25) is 13.8 Å². The van der Waals surface area contributed by atoms with Crippen molar-refractivity contribution in [1.82, 2.24) is 9.62 Å². The van der Waals surface area contributed by atoms with E-state index < -0.39 is 22.4 Å². The summed E-state index contributed by atoms with van der Waals surface area (Å²) in [5.74, 6) is -0.792. The molecule has 1 atom stereocenters. The lowest BCUT2D eigenvalue weighted by Crippen LogP contribution is -2.39. The zero-order valence-corrected chi connectivity index (χ0v) is 35.5. The van der Waals surface area contributed by atoms with Crippen LogP contribution >= 0.6 is 0 Å². The van der Waals surface area contributed by atoms with E-state index in [1.807, 2.05) is 19.0 Å². The monoisotopic (exact) mass is 771 g/mol. The molecule has 0 bridgehead atoms. The Hall–Kier alpha value is -1.75. The van der Waals surface area contributed by atoms with E-state index in [-0.39, 0.29) is 38.6 Å². The van der Waals surface area contributed by atoms with Crippen LogP contribution in [-0.2, 0) is 33.6 Å². The summed E-state index contributed by atoms with van der Waals surface area (Å²) in [6.07, 6.45) is 39.4. The smallest absolute Gasteiger partial charge is 0.336 e. The number of allylic oxidation sites excluding steroid dienone is 4. The highest BCUT2D eigenvalue weighted by molar-refractivity contribution is 7.84. The summed E-state index contributed by atoms with van der Waals surface area (Å²) in [5, 5.41) is 0. The fourth-order valence-corrected chi connectivity index (χ4v) is 6.65.